The molecule has 1 N–H and O–H groups in total. The van der Waals surface area contributed by atoms with Gasteiger partial charge in [0, 0.05) is 18.7 Å². The minimum atomic E-state index is -0.424. The molecule has 1 amide bonds. The molecule has 0 unspecified atom stereocenters. The highest BCUT2D eigenvalue weighted by atomic mass is 32.1. The lowest BCUT2D eigenvalue weighted by atomic mass is 10.2. The van der Waals surface area contributed by atoms with Gasteiger partial charge in [0.2, 0.25) is 0 Å². The fourth-order valence-electron chi connectivity index (χ4n) is 2.76. The van der Waals surface area contributed by atoms with Gasteiger partial charge < -0.3 is 19.5 Å². The molecule has 3 rings (SSSR count). The summed E-state index contributed by atoms with van der Waals surface area (Å²) in [7, 11) is 3.18. The number of hydrogen-bond donors (Lipinski definition) is 1. The molecule has 2 heterocycles. The number of ether oxygens (including phenoxy) is 2. The molecule has 1 aliphatic heterocycles. The van der Waals surface area contributed by atoms with Crippen LogP contribution >= 0.6 is 11.3 Å². The number of amides is 1. The van der Waals surface area contributed by atoms with Crippen molar-refractivity contribution >= 4 is 17.2 Å². The Morgan fingerprint density at radius 3 is 2.71 bits per heavy atom. The van der Waals surface area contributed by atoms with E-state index in [-0.39, 0.29) is 5.91 Å². The lowest BCUT2D eigenvalue weighted by Gasteiger charge is -2.14. The highest BCUT2D eigenvalue weighted by molar-refractivity contribution is 7.17. The molecule has 0 spiro atoms. The molecule has 1 fully saturated rings. The van der Waals surface area contributed by atoms with Gasteiger partial charge in [-0.15, -0.1) is 11.3 Å². The molecule has 0 saturated carbocycles. The van der Waals surface area contributed by atoms with Crippen LogP contribution < -0.4 is 9.47 Å². The minimum absolute atomic E-state index is 0.0618. The first-order valence-corrected chi connectivity index (χ1v) is 8.52. The molecule has 0 radical (unpaired) electrons. The van der Waals surface area contributed by atoms with Gasteiger partial charge in [0.1, 0.15) is 9.88 Å². The average molecular weight is 348 g/mol. The first-order valence-electron chi connectivity index (χ1n) is 7.70. The topological polar surface area (TPSA) is 71.9 Å². The molecule has 0 bridgehead atoms. The molecular formula is C17H20N2O4S. The van der Waals surface area contributed by atoms with Crippen molar-refractivity contribution in [2.45, 2.75) is 19.4 Å². The van der Waals surface area contributed by atoms with Crippen LogP contribution in [0.1, 0.15) is 21.8 Å². The van der Waals surface area contributed by atoms with E-state index >= 15 is 0 Å². The number of likely N-dealkylation sites (tertiary alicyclic amines) is 1. The van der Waals surface area contributed by atoms with Crippen molar-refractivity contribution in [3.63, 3.8) is 0 Å². The van der Waals surface area contributed by atoms with Crippen LogP contribution in [0.15, 0.2) is 18.2 Å². The number of methoxy groups -OCH3 is 2. The number of aliphatic hydroxyl groups excluding tert-OH is 1. The van der Waals surface area contributed by atoms with Crippen molar-refractivity contribution in [1.29, 1.82) is 0 Å². The maximum Gasteiger partial charge on any atom is 0.265 e. The van der Waals surface area contributed by atoms with Gasteiger partial charge in [0.25, 0.3) is 5.91 Å². The van der Waals surface area contributed by atoms with E-state index in [1.54, 1.807) is 19.1 Å². The normalized spacial score (nSPS) is 17.2. The summed E-state index contributed by atoms with van der Waals surface area (Å²) in [5.41, 5.74) is 1.58. The van der Waals surface area contributed by atoms with Gasteiger partial charge in [-0.25, -0.2) is 4.98 Å². The van der Waals surface area contributed by atoms with Crippen LogP contribution in [0, 0.1) is 6.92 Å². The summed E-state index contributed by atoms with van der Waals surface area (Å²) < 4.78 is 10.6. The van der Waals surface area contributed by atoms with Gasteiger partial charge in [-0.1, -0.05) is 0 Å². The van der Waals surface area contributed by atoms with Crippen LogP contribution in [-0.2, 0) is 0 Å². The maximum absolute atomic E-state index is 12.6. The van der Waals surface area contributed by atoms with Gasteiger partial charge in [-0.05, 0) is 31.5 Å². The number of hydrogen-bond acceptors (Lipinski definition) is 6. The Labute approximate surface area is 144 Å². The molecule has 128 valence electrons. The Morgan fingerprint density at radius 2 is 2.08 bits per heavy atom. The zero-order valence-corrected chi connectivity index (χ0v) is 14.7. The van der Waals surface area contributed by atoms with Crippen molar-refractivity contribution in [1.82, 2.24) is 9.88 Å². The summed E-state index contributed by atoms with van der Waals surface area (Å²) >= 11 is 1.36. The molecule has 2 aromatic rings. The first-order chi connectivity index (χ1) is 11.5. The van der Waals surface area contributed by atoms with Crippen LogP contribution in [0.25, 0.3) is 10.6 Å². The van der Waals surface area contributed by atoms with E-state index in [4.69, 9.17) is 9.47 Å². The highest BCUT2D eigenvalue weighted by Gasteiger charge is 2.28. The fourth-order valence-corrected chi connectivity index (χ4v) is 3.79. The molecule has 0 aliphatic carbocycles. The first kappa shape index (κ1) is 16.7. The molecule has 7 heteroatoms. The SMILES string of the molecule is COc1ccc(-c2nc(C)c(C(=O)N3CC[C@H](O)C3)s2)cc1OC. The van der Waals surface area contributed by atoms with Crippen molar-refractivity contribution in [3.8, 4) is 22.1 Å². The Kier molecular flexibility index (Phi) is 4.73. The molecular weight excluding hydrogens is 328 g/mol. The molecule has 1 aliphatic rings. The summed E-state index contributed by atoms with van der Waals surface area (Å²) in [6.45, 7) is 2.81. The standard InChI is InChI=1S/C17H20N2O4S/c1-10-15(17(21)19-7-6-12(20)9-19)24-16(18-10)11-4-5-13(22-2)14(8-11)23-3/h4-5,8,12,20H,6-7,9H2,1-3H3/t12-/m0/s1. The number of carbonyl (C=O) groups excluding carboxylic acids is 1. The third-order valence-corrected chi connectivity index (χ3v) is 5.27. The van der Waals surface area contributed by atoms with Gasteiger partial charge in [0.05, 0.1) is 26.0 Å². The molecule has 1 atom stereocenters. The third-order valence-electron chi connectivity index (χ3n) is 4.07. The molecule has 1 aromatic heterocycles. The molecule has 1 aromatic carbocycles. The number of benzene rings is 1. The number of carbonyl (C=O) groups is 1. The minimum Gasteiger partial charge on any atom is -0.493 e. The number of thiazole rings is 1. The van der Waals surface area contributed by atoms with Crippen LogP contribution in [0.3, 0.4) is 0 Å². The number of β-amino-alcohol motifs (C(OH)–C–C–N with tert-alkyl or cyclic N) is 1. The zero-order chi connectivity index (χ0) is 17.3. The van der Waals surface area contributed by atoms with Gasteiger partial charge >= 0.3 is 0 Å². The van der Waals surface area contributed by atoms with E-state index in [0.29, 0.717) is 41.6 Å². The van der Waals surface area contributed by atoms with Crippen LogP contribution in [0.2, 0.25) is 0 Å². The number of rotatable bonds is 4. The summed E-state index contributed by atoms with van der Waals surface area (Å²) in [5, 5.41) is 10.4. The van der Waals surface area contributed by atoms with Crippen molar-refractivity contribution in [2.24, 2.45) is 0 Å². The Morgan fingerprint density at radius 1 is 1.33 bits per heavy atom. The Bertz CT molecular complexity index is 759. The zero-order valence-electron chi connectivity index (χ0n) is 13.9. The second-order valence-corrected chi connectivity index (χ2v) is 6.70. The van der Waals surface area contributed by atoms with Gasteiger partial charge in [-0.2, -0.15) is 0 Å². The Hall–Kier alpha value is -2.12. The third kappa shape index (κ3) is 3.09. The van der Waals surface area contributed by atoms with Gasteiger partial charge in [-0.3, -0.25) is 4.79 Å². The van der Waals surface area contributed by atoms with Crippen molar-refractivity contribution < 1.29 is 19.4 Å². The van der Waals surface area contributed by atoms with E-state index < -0.39 is 6.10 Å². The largest absolute Gasteiger partial charge is 0.493 e. The predicted molar refractivity (Wildman–Crippen MR) is 91.9 cm³/mol. The summed E-state index contributed by atoms with van der Waals surface area (Å²) in [4.78, 5) is 19.5. The van der Waals surface area contributed by atoms with Crippen LogP contribution in [-0.4, -0.2) is 54.3 Å². The number of aromatic nitrogens is 1. The lowest BCUT2D eigenvalue weighted by molar-refractivity contribution is 0.0769. The maximum atomic E-state index is 12.6. The lowest BCUT2D eigenvalue weighted by Crippen LogP contribution is -2.29. The van der Waals surface area contributed by atoms with E-state index in [2.05, 4.69) is 4.98 Å². The summed E-state index contributed by atoms with van der Waals surface area (Å²) in [6.07, 6.45) is 0.207. The van der Waals surface area contributed by atoms with E-state index in [9.17, 15) is 9.90 Å². The molecule has 24 heavy (non-hydrogen) atoms. The van der Waals surface area contributed by atoms with E-state index in [0.717, 1.165) is 10.6 Å². The number of aryl methyl sites for hydroxylation is 1. The van der Waals surface area contributed by atoms with Crippen molar-refractivity contribution in [2.75, 3.05) is 27.3 Å². The molecule has 1 saturated heterocycles. The smallest absolute Gasteiger partial charge is 0.265 e. The van der Waals surface area contributed by atoms with E-state index in [1.807, 2.05) is 25.1 Å². The predicted octanol–water partition coefficient (Wildman–Crippen LogP) is 2.34. The van der Waals surface area contributed by atoms with E-state index in [1.165, 1.54) is 11.3 Å². The second kappa shape index (κ2) is 6.78. The quantitative estimate of drug-likeness (QED) is 0.918. The van der Waals surface area contributed by atoms with Gasteiger partial charge in [0.15, 0.2) is 11.5 Å². The van der Waals surface area contributed by atoms with Crippen LogP contribution in [0.5, 0.6) is 11.5 Å². The number of nitrogens with zero attached hydrogens (tertiary/aromatic N) is 2. The second-order valence-electron chi connectivity index (χ2n) is 5.70. The fraction of sp³-hybridized carbons (Fsp3) is 0.412. The Balaban J connectivity index is 1.90. The highest BCUT2D eigenvalue weighted by Crippen LogP contribution is 2.35. The summed E-state index contributed by atoms with van der Waals surface area (Å²) in [6, 6.07) is 5.57. The molecule has 6 nitrogen and oxygen atoms in total. The number of aliphatic hydroxyl groups is 1. The monoisotopic (exact) mass is 348 g/mol. The van der Waals surface area contributed by atoms with Crippen molar-refractivity contribution in [3.05, 3.63) is 28.8 Å². The summed E-state index contributed by atoms with van der Waals surface area (Å²) in [5.74, 6) is 1.21. The average Bonchev–Trinajstić information content (AvgIpc) is 3.19. The van der Waals surface area contributed by atoms with Crippen LogP contribution in [0.4, 0.5) is 0 Å².